The minimum atomic E-state index is -0.441. The van der Waals surface area contributed by atoms with Gasteiger partial charge in [-0.25, -0.2) is 4.79 Å². The van der Waals surface area contributed by atoms with E-state index in [0.717, 1.165) is 13.0 Å². The topological polar surface area (TPSA) is 79.5 Å². The number of rotatable bonds is 8. The zero-order valence-corrected chi connectivity index (χ0v) is 15.9. The highest BCUT2D eigenvalue weighted by molar-refractivity contribution is 7.80. The van der Waals surface area contributed by atoms with E-state index in [0.29, 0.717) is 22.2 Å². The summed E-state index contributed by atoms with van der Waals surface area (Å²) in [6, 6.07) is 6.18. The number of hydrazine groups is 1. The van der Waals surface area contributed by atoms with Crippen LogP contribution < -0.4 is 16.2 Å². The Morgan fingerprint density at radius 1 is 1.12 bits per heavy atom. The molecule has 0 saturated heterocycles. The molecule has 1 rings (SSSR count). The van der Waals surface area contributed by atoms with Crippen LogP contribution in [0.25, 0.3) is 0 Å². The smallest absolute Gasteiger partial charge is 0.337 e. The molecule has 25 heavy (non-hydrogen) atoms. The summed E-state index contributed by atoms with van der Waals surface area (Å²) in [6.07, 6.45) is 4.84. The molecular formula is C18H27N3O3S. The van der Waals surface area contributed by atoms with E-state index >= 15 is 0 Å². The van der Waals surface area contributed by atoms with E-state index in [1.54, 1.807) is 12.1 Å². The van der Waals surface area contributed by atoms with Crippen LogP contribution in [0.15, 0.2) is 24.3 Å². The maximum atomic E-state index is 12.0. The number of thiocarbonyl (C=S) groups is 1. The minimum Gasteiger partial charge on any atom is -0.465 e. The fourth-order valence-electron chi connectivity index (χ4n) is 2.22. The molecule has 1 aromatic rings. The number of methoxy groups -OCH3 is 1. The van der Waals surface area contributed by atoms with E-state index in [1.807, 2.05) is 0 Å². The summed E-state index contributed by atoms with van der Waals surface area (Å²) in [7, 11) is 1.31. The molecule has 1 atom stereocenters. The zero-order chi connectivity index (χ0) is 18.7. The van der Waals surface area contributed by atoms with Gasteiger partial charge in [0.15, 0.2) is 5.11 Å². The first-order valence-corrected chi connectivity index (χ1v) is 8.91. The third-order valence-corrected chi connectivity index (χ3v) is 4.02. The molecule has 0 spiro atoms. The number of benzene rings is 1. The van der Waals surface area contributed by atoms with Gasteiger partial charge in [0.05, 0.1) is 12.7 Å². The summed E-state index contributed by atoms with van der Waals surface area (Å²) < 4.78 is 4.62. The van der Waals surface area contributed by atoms with E-state index in [4.69, 9.17) is 12.2 Å². The molecule has 0 heterocycles. The van der Waals surface area contributed by atoms with Crippen LogP contribution in [0, 0.1) is 5.92 Å². The maximum absolute atomic E-state index is 12.0. The fraction of sp³-hybridized carbons (Fsp3) is 0.500. The monoisotopic (exact) mass is 365 g/mol. The highest BCUT2D eigenvalue weighted by Crippen LogP contribution is 2.08. The summed E-state index contributed by atoms with van der Waals surface area (Å²) in [5.41, 5.74) is 6.01. The van der Waals surface area contributed by atoms with Crippen LogP contribution in [0.5, 0.6) is 0 Å². The number of carbonyl (C=O) groups excluding carboxylic acids is 2. The van der Waals surface area contributed by atoms with E-state index in [2.05, 4.69) is 34.8 Å². The van der Waals surface area contributed by atoms with Gasteiger partial charge in [0, 0.05) is 12.1 Å². The molecule has 1 aromatic carbocycles. The predicted octanol–water partition coefficient (Wildman–Crippen LogP) is 2.80. The van der Waals surface area contributed by atoms with Crippen molar-refractivity contribution < 1.29 is 14.3 Å². The highest BCUT2D eigenvalue weighted by atomic mass is 32.1. The van der Waals surface area contributed by atoms with E-state index in [1.165, 1.54) is 38.5 Å². The SMILES string of the molecule is CCCCC[C@@H](C)CNC(=S)NNC(=O)c1ccc(C(=O)OC)cc1. The Bertz CT molecular complexity index is 575. The van der Waals surface area contributed by atoms with Crippen molar-refractivity contribution in [3.63, 3.8) is 0 Å². The number of carbonyl (C=O) groups is 2. The molecule has 0 aromatic heterocycles. The molecule has 1 amide bonds. The second-order valence-corrected chi connectivity index (χ2v) is 6.37. The standard InChI is InChI=1S/C18H27N3O3S/c1-4-5-6-7-13(2)12-19-18(25)21-20-16(22)14-8-10-15(11-9-14)17(23)24-3/h8-11,13H,4-7,12H2,1-3H3,(H,20,22)(H2,19,21,25)/t13-/m1/s1. The molecule has 0 saturated carbocycles. The van der Waals surface area contributed by atoms with Gasteiger partial charge in [-0.3, -0.25) is 15.6 Å². The van der Waals surface area contributed by atoms with Crippen LogP contribution in [0.4, 0.5) is 0 Å². The minimum absolute atomic E-state index is 0.337. The highest BCUT2D eigenvalue weighted by Gasteiger charge is 2.09. The van der Waals surface area contributed by atoms with Crippen molar-refractivity contribution in [2.75, 3.05) is 13.7 Å². The Labute approximate surface area is 154 Å². The summed E-state index contributed by atoms with van der Waals surface area (Å²) in [6.45, 7) is 5.12. The first kappa shape index (κ1) is 20.9. The number of unbranched alkanes of at least 4 members (excludes halogenated alkanes) is 2. The van der Waals surface area contributed by atoms with Crippen LogP contribution in [0.1, 0.15) is 60.2 Å². The molecular weight excluding hydrogens is 338 g/mol. The number of ether oxygens (including phenoxy) is 1. The summed E-state index contributed by atoms with van der Waals surface area (Å²) in [5.74, 6) is -0.257. The van der Waals surface area contributed by atoms with Crippen molar-refractivity contribution in [3.8, 4) is 0 Å². The first-order chi connectivity index (χ1) is 12.0. The Balaban J connectivity index is 2.33. The summed E-state index contributed by atoms with van der Waals surface area (Å²) in [4.78, 5) is 23.4. The Kier molecular flexibility index (Phi) is 9.54. The van der Waals surface area contributed by atoms with Gasteiger partial charge in [-0.1, -0.05) is 33.1 Å². The second-order valence-electron chi connectivity index (χ2n) is 5.96. The van der Waals surface area contributed by atoms with Gasteiger partial charge in [0.1, 0.15) is 0 Å². The first-order valence-electron chi connectivity index (χ1n) is 8.50. The van der Waals surface area contributed by atoms with Crippen LogP contribution in [-0.4, -0.2) is 30.6 Å². The van der Waals surface area contributed by atoms with Crippen molar-refractivity contribution in [1.82, 2.24) is 16.2 Å². The number of hydrogen-bond acceptors (Lipinski definition) is 4. The Morgan fingerprint density at radius 2 is 1.76 bits per heavy atom. The molecule has 0 bridgehead atoms. The van der Waals surface area contributed by atoms with Crippen LogP contribution in [0.2, 0.25) is 0 Å². The van der Waals surface area contributed by atoms with Crippen LogP contribution in [0.3, 0.4) is 0 Å². The molecule has 0 fully saturated rings. The van der Waals surface area contributed by atoms with Gasteiger partial charge in [-0.2, -0.15) is 0 Å². The van der Waals surface area contributed by atoms with Gasteiger partial charge in [0.2, 0.25) is 0 Å². The molecule has 7 heteroatoms. The molecule has 0 aliphatic rings. The lowest BCUT2D eigenvalue weighted by Crippen LogP contribution is -2.47. The molecule has 0 radical (unpaired) electrons. The van der Waals surface area contributed by atoms with Crippen molar-refractivity contribution >= 4 is 29.2 Å². The Hall–Kier alpha value is -2.15. The van der Waals surface area contributed by atoms with Crippen molar-refractivity contribution in [3.05, 3.63) is 35.4 Å². The van der Waals surface area contributed by atoms with Crippen molar-refractivity contribution in [2.45, 2.75) is 39.5 Å². The lowest BCUT2D eigenvalue weighted by Gasteiger charge is -2.15. The predicted molar refractivity (Wildman–Crippen MR) is 102 cm³/mol. The Morgan fingerprint density at radius 3 is 2.36 bits per heavy atom. The van der Waals surface area contributed by atoms with E-state index in [-0.39, 0.29) is 5.91 Å². The maximum Gasteiger partial charge on any atom is 0.337 e. The van der Waals surface area contributed by atoms with Gasteiger partial charge in [0.25, 0.3) is 5.91 Å². The molecule has 3 N–H and O–H groups in total. The molecule has 0 aliphatic carbocycles. The largest absolute Gasteiger partial charge is 0.465 e. The lowest BCUT2D eigenvalue weighted by atomic mass is 10.0. The summed E-state index contributed by atoms with van der Waals surface area (Å²) >= 11 is 5.15. The average molecular weight is 365 g/mol. The van der Waals surface area contributed by atoms with Gasteiger partial charge in [-0.05, 0) is 48.8 Å². The third kappa shape index (κ3) is 7.98. The third-order valence-electron chi connectivity index (χ3n) is 3.77. The van der Waals surface area contributed by atoms with Gasteiger partial charge in [-0.15, -0.1) is 0 Å². The number of hydrogen-bond donors (Lipinski definition) is 3. The second kappa shape index (κ2) is 11.4. The van der Waals surface area contributed by atoms with Crippen LogP contribution in [-0.2, 0) is 4.74 Å². The van der Waals surface area contributed by atoms with Crippen LogP contribution >= 0.6 is 12.2 Å². The van der Waals surface area contributed by atoms with Gasteiger partial charge < -0.3 is 10.1 Å². The summed E-state index contributed by atoms with van der Waals surface area (Å²) in [5, 5.41) is 3.47. The van der Waals surface area contributed by atoms with Crippen molar-refractivity contribution in [2.24, 2.45) is 5.92 Å². The fourth-order valence-corrected chi connectivity index (χ4v) is 2.35. The van der Waals surface area contributed by atoms with E-state index in [9.17, 15) is 9.59 Å². The lowest BCUT2D eigenvalue weighted by molar-refractivity contribution is 0.0600. The molecule has 6 nitrogen and oxygen atoms in total. The number of esters is 1. The number of amides is 1. The average Bonchev–Trinajstić information content (AvgIpc) is 2.64. The van der Waals surface area contributed by atoms with E-state index < -0.39 is 5.97 Å². The molecule has 0 unspecified atom stereocenters. The molecule has 138 valence electrons. The molecule has 0 aliphatic heterocycles. The normalized spacial score (nSPS) is 11.3. The van der Waals surface area contributed by atoms with Crippen molar-refractivity contribution in [1.29, 1.82) is 0 Å². The van der Waals surface area contributed by atoms with Gasteiger partial charge >= 0.3 is 5.97 Å². The number of nitrogens with one attached hydrogen (secondary N) is 3. The zero-order valence-electron chi connectivity index (χ0n) is 15.1. The quantitative estimate of drug-likeness (QED) is 0.285.